The van der Waals surface area contributed by atoms with E-state index in [1.165, 1.54) is 5.57 Å². The second kappa shape index (κ2) is 11.2. The average molecular weight is 430 g/mol. The predicted molar refractivity (Wildman–Crippen MR) is 119 cm³/mol. The van der Waals surface area contributed by atoms with Gasteiger partial charge in [0.2, 0.25) is 0 Å². The Morgan fingerprint density at radius 1 is 1.20 bits per heavy atom. The van der Waals surface area contributed by atoms with Gasteiger partial charge >= 0.3 is 5.97 Å². The van der Waals surface area contributed by atoms with Crippen molar-refractivity contribution in [2.75, 3.05) is 32.8 Å². The van der Waals surface area contributed by atoms with Crippen LogP contribution in [0.4, 0.5) is 0 Å². The second-order valence-corrected chi connectivity index (χ2v) is 7.65. The Balaban J connectivity index is 1.44. The van der Waals surface area contributed by atoms with Crippen molar-refractivity contribution in [1.82, 2.24) is 4.90 Å². The van der Waals surface area contributed by atoms with Gasteiger partial charge in [-0.2, -0.15) is 0 Å². The number of nitrogens with zero attached hydrogens (tertiary/aromatic N) is 1. The van der Waals surface area contributed by atoms with Crippen LogP contribution in [0.1, 0.15) is 24.5 Å². The van der Waals surface area contributed by atoms with Gasteiger partial charge in [0.05, 0.1) is 0 Å². The summed E-state index contributed by atoms with van der Waals surface area (Å²) in [7, 11) is 0. The molecule has 0 spiro atoms. The van der Waals surface area contributed by atoms with E-state index in [1.807, 2.05) is 42.5 Å². The SMILES string of the molecule is CCOC(Cc1ccc(OCCN2CC=C(c3ccccc3Cl)CC2)cc1)C(=O)O. The van der Waals surface area contributed by atoms with Crippen LogP contribution in [-0.4, -0.2) is 54.9 Å². The lowest BCUT2D eigenvalue weighted by Gasteiger charge is -2.26. The molecule has 1 atom stereocenters. The van der Waals surface area contributed by atoms with E-state index in [0.717, 1.165) is 48.0 Å². The van der Waals surface area contributed by atoms with Crippen molar-refractivity contribution < 1.29 is 19.4 Å². The molecule has 2 aromatic rings. The molecule has 1 aliphatic heterocycles. The van der Waals surface area contributed by atoms with Gasteiger partial charge in [0, 0.05) is 37.7 Å². The fourth-order valence-corrected chi connectivity index (χ4v) is 3.78. The van der Waals surface area contributed by atoms with Gasteiger partial charge in [0.25, 0.3) is 0 Å². The van der Waals surface area contributed by atoms with Crippen LogP contribution in [-0.2, 0) is 16.0 Å². The first-order valence-corrected chi connectivity index (χ1v) is 10.7. The summed E-state index contributed by atoms with van der Waals surface area (Å²) < 4.78 is 11.1. The van der Waals surface area contributed by atoms with Crippen LogP contribution in [0, 0.1) is 0 Å². The number of hydrogen-bond donors (Lipinski definition) is 1. The number of carboxylic acids is 1. The Morgan fingerprint density at radius 2 is 1.97 bits per heavy atom. The van der Waals surface area contributed by atoms with Gasteiger partial charge in [-0.05, 0) is 48.2 Å². The van der Waals surface area contributed by atoms with Crippen LogP contribution in [0.5, 0.6) is 5.75 Å². The lowest BCUT2D eigenvalue weighted by molar-refractivity contribution is -0.149. The van der Waals surface area contributed by atoms with E-state index in [-0.39, 0.29) is 0 Å². The predicted octanol–water partition coefficient (Wildman–Crippen LogP) is 4.54. The molecule has 3 rings (SSSR count). The maximum Gasteiger partial charge on any atom is 0.333 e. The first-order valence-electron chi connectivity index (χ1n) is 10.3. The van der Waals surface area contributed by atoms with Gasteiger partial charge in [-0.25, -0.2) is 4.79 Å². The molecule has 30 heavy (non-hydrogen) atoms. The van der Waals surface area contributed by atoms with E-state index < -0.39 is 12.1 Å². The number of ether oxygens (including phenoxy) is 2. The largest absolute Gasteiger partial charge is 0.492 e. The third kappa shape index (κ3) is 6.33. The molecule has 0 radical (unpaired) electrons. The van der Waals surface area contributed by atoms with Gasteiger partial charge in [0.1, 0.15) is 12.4 Å². The normalized spacial score (nSPS) is 15.5. The van der Waals surface area contributed by atoms with Gasteiger partial charge < -0.3 is 14.6 Å². The Morgan fingerprint density at radius 3 is 2.60 bits per heavy atom. The van der Waals surface area contributed by atoms with E-state index in [0.29, 0.717) is 19.6 Å². The molecule has 0 saturated heterocycles. The highest BCUT2D eigenvalue weighted by Gasteiger charge is 2.18. The van der Waals surface area contributed by atoms with E-state index >= 15 is 0 Å². The van der Waals surface area contributed by atoms with Crippen LogP contribution < -0.4 is 4.74 Å². The molecule has 0 saturated carbocycles. The highest BCUT2D eigenvalue weighted by Crippen LogP contribution is 2.28. The molecule has 1 aliphatic rings. The molecule has 2 aromatic carbocycles. The number of carbonyl (C=O) groups is 1. The van der Waals surface area contributed by atoms with Crippen LogP contribution in [0.3, 0.4) is 0 Å². The molecule has 0 amide bonds. The van der Waals surface area contributed by atoms with Crippen molar-refractivity contribution in [1.29, 1.82) is 0 Å². The molecular weight excluding hydrogens is 402 g/mol. The molecule has 1 N–H and O–H groups in total. The summed E-state index contributed by atoms with van der Waals surface area (Å²) in [6.07, 6.45) is 2.75. The van der Waals surface area contributed by atoms with E-state index in [4.69, 9.17) is 21.1 Å². The van der Waals surface area contributed by atoms with Crippen molar-refractivity contribution in [2.24, 2.45) is 0 Å². The van der Waals surface area contributed by atoms with Crippen LogP contribution >= 0.6 is 11.6 Å². The monoisotopic (exact) mass is 429 g/mol. The van der Waals surface area contributed by atoms with Gasteiger partial charge in [-0.3, -0.25) is 4.90 Å². The molecule has 1 unspecified atom stereocenters. The van der Waals surface area contributed by atoms with Crippen LogP contribution in [0.15, 0.2) is 54.6 Å². The summed E-state index contributed by atoms with van der Waals surface area (Å²) in [5, 5.41) is 10.00. The van der Waals surface area contributed by atoms with Crippen LogP contribution in [0.25, 0.3) is 5.57 Å². The second-order valence-electron chi connectivity index (χ2n) is 7.24. The van der Waals surface area contributed by atoms with Gasteiger partial charge in [-0.15, -0.1) is 0 Å². The molecule has 0 aliphatic carbocycles. The first kappa shape index (κ1) is 22.3. The van der Waals surface area contributed by atoms with Crippen molar-refractivity contribution in [3.63, 3.8) is 0 Å². The maximum atomic E-state index is 11.2. The smallest absolute Gasteiger partial charge is 0.333 e. The third-order valence-corrected chi connectivity index (χ3v) is 5.51. The standard InChI is InChI=1S/C24H28ClNO4/c1-2-29-23(24(27)28)17-18-7-9-20(10-8-18)30-16-15-26-13-11-19(12-14-26)21-5-3-4-6-22(21)25/h3-11,23H,2,12-17H2,1H3,(H,27,28). The van der Waals surface area contributed by atoms with Crippen molar-refractivity contribution in [3.8, 4) is 5.75 Å². The Hall–Kier alpha value is -2.34. The number of hydrogen-bond acceptors (Lipinski definition) is 4. The van der Waals surface area contributed by atoms with Crippen LogP contribution in [0.2, 0.25) is 5.02 Å². The van der Waals surface area contributed by atoms with E-state index in [1.54, 1.807) is 6.92 Å². The lowest BCUT2D eigenvalue weighted by atomic mass is 9.99. The molecule has 5 nitrogen and oxygen atoms in total. The summed E-state index contributed by atoms with van der Waals surface area (Å²) in [4.78, 5) is 13.6. The number of benzene rings is 2. The Bertz CT molecular complexity index is 866. The first-order chi connectivity index (χ1) is 14.6. The van der Waals surface area contributed by atoms with Gasteiger partial charge in [0.15, 0.2) is 6.10 Å². The minimum atomic E-state index is -0.939. The average Bonchev–Trinajstić information content (AvgIpc) is 2.75. The minimum absolute atomic E-state index is 0.345. The molecule has 160 valence electrons. The zero-order valence-electron chi connectivity index (χ0n) is 17.2. The number of aliphatic carboxylic acids is 1. The molecule has 0 aromatic heterocycles. The number of halogens is 1. The van der Waals surface area contributed by atoms with Crippen molar-refractivity contribution in [2.45, 2.75) is 25.9 Å². The zero-order chi connectivity index (χ0) is 21.3. The summed E-state index contributed by atoms with van der Waals surface area (Å²) in [5.41, 5.74) is 3.35. The van der Waals surface area contributed by atoms with E-state index in [2.05, 4.69) is 17.0 Å². The Kier molecular flexibility index (Phi) is 8.31. The quantitative estimate of drug-likeness (QED) is 0.600. The third-order valence-electron chi connectivity index (χ3n) is 5.18. The molecule has 6 heteroatoms. The topological polar surface area (TPSA) is 59.0 Å². The zero-order valence-corrected chi connectivity index (χ0v) is 18.0. The summed E-state index contributed by atoms with van der Waals surface area (Å²) in [6, 6.07) is 15.5. The summed E-state index contributed by atoms with van der Waals surface area (Å²) in [6.45, 7) is 5.49. The summed E-state index contributed by atoms with van der Waals surface area (Å²) >= 11 is 6.30. The highest BCUT2D eigenvalue weighted by atomic mass is 35.5. The highest BCUT2D eigenvalue weighted by molar-refractivity contribution is 6.32. The fourth-order valence-electron chi connectivity index (χ4n) is 3.53. The Labute approximate surface area is 182 Å². The van der Waals surface area contributed by atoms with Crippen molar-refractivity contribution in [3.05, 3.63) is 70.8 Å². The number of carboxylic acid groups (broad SMARTS) is 1. The number of rotatable bonds is 10. The molecular formula is C24H28ClNO4. The molecule has 1 heterocycles. The fraction of sp³-hybridized carbons (Fsp3) is 0.375. The molecule has 0 bridgehead atoms. The lowest BCUT2D eigenvalue weighted by Crippen LogP contribution is -2.32. The maximum absolute atomic E-state index is 11.2. The molecule has 0 fully saturated rings. The van der Waals surface area contributed by atoms with E-state index in [9.17, 15) is 9.90 Å². The summed E-state index contributed by atoms with van der Waals surface area (Å²) in [5.74, 6) is -0.156. The minimum Gasteiger partial charge on any atom is -0.492 e. The van der Waals surface area contributed by atoms with Crippen molar-refractivity contribution >= 4 is 23.1 Å². The van der Waals surface area contributed by atoms with Gasteiger partial charge in [-0.1, -0.05) is 48.0 Å².